The largest absolute Gasteiger partial charge is 0.270 e. The first kappa shape index (κ1) is 12.6. The van der Waals surface area contributed by atoms with E-state index in [0.29, 0.717) is 0 Å². The number of allylic oxidation sites excluding steroid dienone is 1. The fourth-order valence-corrected chi connectivity index (χ4v) is 2.80. The number of nitro groups is 1. The highest BCUT2D eigenvalue weighted by Crippen LogP contribution is 2.44. The van der Waals surface area contributed by atoms with E-state index in [4.69, 9.17) is 0 Å². The van der Waals surface area contributed by atoms with Crippen LogP contribution in [0, 0.1) is 10.1 Å². The third-order valence-electron chi connectivity index (χ3n) is 3.79. The van der Waals surface area contributed by atoms with Crippen LogP contribution >= 0.6 is 0 Å². The topological polar surface area (TPSA) is 43.1 Å². The fourth-order valence-electron chi connectivity index (χ4n) is 2.80. The lowest BCUT2D eigenvalue weighted by molar-refractivity contribution is -0.384. The van der Waals surface area contributed by atoms with Gasteiger partial charge < -0.3 is 0 Å². The van der Waals surface area contributed by atoms with Gasteiger partial charge in [0.15, 0.2) is 0 Å². The van der Waals surface area contributed by atoms with Crippen LogP contribution in [0.4, 0.5) is 5.69 Å². The van der Waals surface area contributed by atoms with Crippen molar-refractivity contribution in [3.05, 3.63) is 81.4 Å². The molecule has 3 nitrogen and oxygen atoms in total. The summed E-state index contributed by atoms with van der Waals surface area (Å²) in [5.41, 5.74) is 4.32. The van der Waals surface area contributed by atoms with Gasteiger partial charge in [0.05, 0.1) is 4.92 Å². The Kier molecular flexibility index (Phi) is 2.71. The standard InChI is InChI=1S/C17H15NO2/c1-17(2)11-15(12-6-4-3-5-7-12)14-10-13(18(19)20)8-9-16(14)17/h3-11H,1-2H3. The molecule has 0 fully saturated rings. The predicted molar refractivity (Wildman–Crippen MR) is 79.6 cm³/mol. The lowest BCUT2D eigenvalue weighted by atomic mass is 9.87. The number of rotatable bonds is 2. The molecule has 0 unspecified atom stereocenters. The van der Waals surface area contributed by atoms with E-state index in [-0.39, 0.29) is 16.0 Å². The van der Waals surface area contributed by atoms with Crippen LogP contribution in [0.3, 0.4) is 0 Å². The van der Waals surface area contributed by atoms with E-state index < -0.39 is 0 Å². The molecule has 0 saturated carbocycles. The Hall–Kier alpha value is -2.42. The van der Waals surface area contributed by atoms with Crippen molar-refractivity contribution in [1.82, 2.24) is 0 Å². The van der Waals surface area contributed by atoms with Gasteiger partial charge in [0.2, 0.25) is 0 Å². The van der Waals surface area contributed by atoms with Crippen LogP contribution in [-0.4, -0.2) is 4.92 Å². The highest BCUT2D eigenvalue weighted by atomic mass is 16.6. The molecule has 0 atom stereocenters. The van der Waals surface area contributed by atoms with E-state index in [0.717, 1.165) is 22.3 Å². The van der Waals surface area contributed by atoms with Gasteiger partial charge in [-0.05, 0) is 22.3 Å². The fraction of sp³-hybridized carbons (Fsp3) is 0.176. The van der Waals surface area contributed by atoms with Crippen molar-refractivity contribution in [2.24, 2.45) is 0 Å². The first-order valence-electron chi connectivity index (χ1n) is 6.56. The van der Waals surface area contributed by atoms with Gasteiger partial charge in [-0.15, -0.1) is 0 Å². The zero-order valence-electron chi connectivity index (χ0n) is 11.5. The summed E-state index contributed by atoms with van der Waals surface area (Å²) >= 11 is 0. The number of non-ortho nitro benzene ring substituents is 1. The zero-order valence-corrected chi connectivity index (χ0v) is 11.5. The summed E-state index contributed by atoms with van der Waals surface area (Å²) in [6, 6.07) is 15.2. The van der Waals surface area contributed by atoms with Crippen LogP contribution in [0.25, 0.3) is 5.57 Å². The molecule has 1 aliphatic carbocycles. The third kappa shape index (κ3) is 1.92. The summed E-state index contributed by atoms with van der Waals surface area (Å²) < 4.78 is 0. The maximum absolute atomic E-state index is 11.0. The normalized spacial score (nSPS) is 15.6. The Morgan fingerprint density at radius 3 is 2.40 bits per heavy atom. The predicted octanol–water partition coefficient (Wildman–Crippen LogP) is 4.32. The first-order chi connectivity index (χ1) is 9.49. The molecule has 2 aromatic carbocycles. The summed E-state index contributed by atoms with van der Waals surface area (Å²) in [7, 11) is 0. The molecule has 20 heavy (non-hydrogen) atoms. The van der Waals surface area contributed by atoms with Crippen LogP contribution in [0.5, 0.6) is 0 Å². The molecule has 0 aliphatic heterocycles. The van der Waals surface area contributed by atoms with Crippen molar-refractivity contribution < 1.29 is 4.92 Å². The molecule has 0 N–H and O–H groups in total. The second-order valence-corrected chi connectivity index (χ2v) is 5.63. The van der Waals surface area contributed by atoms with Crippen LogP contribution in [0.2, 0.25) is 0 Å². The second kappa shape index (κ2) is 4.30. The van der Waals surface area contributed by atoms with Crippen molar-refractivity contribution in [1.29, 1.82) is 0 Å². The summed E-state index contributed by atoms with van der Waals surface area (Å²) in [4.78, 5) is 10.7. The molecule has 1 aliphatic rings. The van der Waals surface area contributed by atoms with Gasteiger partial charge in [-0.3, -0.25) is 10.1 Å². The number of benzene rings is 2. The van der Waals surface area contributed by atoms with Crippen molar-refractivity contribution in [2.75, 3.05) is 0 Å². The van der Waals surface area contributed by atoms with Crippen molar-refractivity contribution in [2.45, 2.75) is 19.3 Å². The van der Waals surface area contributed by atoms with Crippen LogP contribution in [-0.2, 0) is 5.41 Å². The molecular formula is C17H15NO2. The highest BCUT2D eigenvalue weighted by molar-refractivity contribution is 5.87. The van der Waals surface area contributed by atoms with Crippen LogP contribution in [0.15, 0.2) is 54.6 Å². The SMILES string of the molecule is CC1(C)C=C(c2ccccc2)c2cc([N+](=O)[O-])ccc21. The molecule has 2 aromatic rings. The molecule has 0 bridgehead atoms. The number of hydrogen-bond acceptors (Lipinski definition) is 2. The molecule has 0 saturated heterocycles. The molecule has 0 amide bonds. The zero-order chi connectivity index (χ0) is 14.3. The second-order valence-electron chi connectivity index (χ2n) is 5.63. The average molecular weight is 265 g/mol. The summed E-state index contributed by atoms with van der Waals surface area (Å²) in [6.45, 7) is 4.27. The molecule has 100 valence electrons. The van der Waals surface area contributed by atoms with Crippen LogP contribution < -0.4 is 0 Å². The number of hydrogen-bond donors (Lipinski definition) is 0. The molecule has 0 aromatic heterocycles. The van der Waals surface area contributed by atoms with Gasteiger partial charge in [-0.1, -0.05) is 56.3 Å². The van der Waals surface area contributed by atoms with Crippen molar-refractivity contribution >= 4 is 11.3 Å². The van der Waals surface area contributed by atoms with Gasteiger partial charge in [0, 0.05) is 17.5 Å². The number of nitrogens with zero attached hydrogens (tertiary/aromatic N) is 1. The van der Waals surface area contributed by atoms with E-state index in [1.165, 1.54) is 0 Å². The molecule has 0 spiro atoms. The Labute approximate surface area is 117 Å². The minimum absolute atomic E-state index is 0.102. The average Bonchev–Trinajstić information content (AvgIpc) is 2.71. The van der Waals surface area contributed by atoms with Gasteiger partial charge in [0.1, 0.15) is 0 Å². The van der Waals surface area contributed by atoms with E-state index in [2.05, 4.69) is 19.9 Å². The van der Waals surface area contributed by atoms with Gasteiger partial charge in [-0.2, -0.15) is 0 Å². The van der Waals surface area contributed by atoms with E-state index in [1.807, 2.05) is 36.4 Å². The highest BCUT2D eigenvalue weighted by Gasteiger charge is 2.31. The lowest BCUT2D eigenvalue weighted by Gasteiger charge is -2.16. The minimum Gasteiger partial charge on any atom is -0.258 e. The molecular weight excluding hydrogens is 250 g/mol. The Bertz CT molecular complexity index is 715. The summed E-state index contributed by atoms with van der Waals surface area (Å²) in [5.74, 6) is 0. The lowest BCUT2D eigenvalue weighted by Crippen LogP contribution is -2.10. The monoisotopic (exact) mass is 265 g/mol. The Morgan fingerprint density at radius 1 is 1.05 bits per heavy atom. The smallest absolute Gasteiger partial charge is 0.258 e. The summed E-state index contributed by atoms with van der Waals surface area (Å²) in [6.07, 6.45) is 2.19. The Morgan fingerprint density at radius 2 is 1.75 bits per heavy atom. The quantitative estimate of drug-likeness (QED) is 0.599. The molecule has 3 rings (SSSR count). The first-order valence-corrected chi connectivity index (χ1v) is 6.56. The summed E-state index contributed by atoms with van der Waals surface area (Å²) in [5, 5.41) is 11.0. The number of fused-ring (bicyclic) bond motifs is 1. The van der Waals surface area contributed by atoms with E-state index in [1.54, 1.807) is 12.1 Å². The third-order valence-corrected chi connectivity index (χ3v) is 3.79. The van der Waals surface area contributed by atoms with E-state index in [9.17, 15) is 10.1 Å². The van der Waals surface area contributed by atoms with Crippen LogP contribution in [0.1, 0.15) is 30.5 Å². The van der Waals surface area contributed by atoms with Crippen molar-refractivity contribution in [3.8, 4) is 0 Å². The van der Waals surface area contributed by atoms with Gasteiger partial charge in [0.25, 0.3) is 5.69 Å². The molecule has 0 radical (unpaired) electrons. The van der Waals surface area contributed by atoms with Gasteiger partial charge >= 0.3 is 0 Å². The van der Waals surface area contributed by atoms with Crippen molar-refractivity contribution in [3.63, 3.8) is 0 Å². The maximum Gasteiger partial charge on any atom is 0.270 e. The molecule has 0 heterocycles. The van der Waals surface area contributed by atoms with E-state index >= 15 is 0 Å². The maximum atomic E-state index is 11.0. The van der Waals surface area contributed by atoms with Gasteiger partial charge in [-0.25, -0.2) is 0 Å². The minimum atomic E-state index is -0.339. The molecule has 3 heteroatoms. The Balaban J connectivity index is 2.21. The number of nitro benzene ring substituents is 1.